The van der Waals surface area contributed by atoms with Gasteiger partial charge in [0.05, 0.1) is 6.10 Å². The van der Waals surface area contributed by atoms with Crippen molar-refractivity contribution in [2.24, 2.45) is 5.92 Å². The number of aliphatic hydroxyl groups excluding tert-OH is 1. The fraction of sp³-hybridized carbons (Fsp3) is 0.600. The van der Waals surface area contributed by atoms with Gasteiger partial charge in [-0.05, 0) is 44.0 Å². The second kappa shape index (κ2) is 7.36. The van der Waals surface area contributed by atoms with E-state index in [1.165, 1.54) is 12.8 Å². The van der Waals surface area contributed by atoms with E-state index in [0.717, 1.165) is 19.0 Å². The Morgan fingerprint density at radius 3 is 2.75 bits per heavy atom. The molecule has 110 valence electrons. The molecular weight excluding hydrogens is 254 g/mol. The summed E-state index contributed by atoms with van der Waals surface area (Å²) in [6.45, 7) is 5.26. The van der Waals surface area contributed by atoms with Crippen LogP contribution in [0.15, 0.2) is 24.5 Å². The number of hydrogen-bond donors (Lipinski definition) is 2. The van der Waals surface area contributed by atoms with Crippen molar-refractivity contribution in [1.82, 2.24) is 15.2 Å². The lowest BCUT2D eigenvalue weighted by molar-refractivity contribution is 0.0795. The predicted octanol–water partition coefficient (Wildman–Crippen LogP) is 0.904. The fourth-order valence-electron chi connectivity index (χ4n) is 2.42. The van der Waals surface area contributed by atoms with Gasteiger partial charge in [0.2, 0.25) is 0 Å². The Hall–Kier alpha value is -1.46. The van der Waals surface area contributed by atoms with Crippen molar-refractivity contribution in [2.45, 2.75) is 25.9 Å². The van der Waals surface area contributed by atoms with Crippen LogP contribution in [0.3, 0.4) is 0 Å². The number of pyridine rings is 1. The average molecular weight is 277 g/mol. The second-order valence-corrected chi connectivity index (χ2v) is 5.58. The Kier molecular flexibility index (Phi) is 5.49. The number of nitrogens with zero attached hydrogens (tertiary/aromatic N) is 2. The first-order valence-corrected chi connectivity index (χ1v) is 7.24. The van der Waals surface area contributed by atoms with E-state index < -0.39 is 6.10 Å². The molecule has 1 atom stereocenters. The quantitative estimate of drug-likeness (QED) is 0.839. The minimum Gasteiger partial charge on any atom is -0.390 e. The zero-order valence-corrected chi connectivity index (χ0v) is 12.0. The molecule has 0 aromatic carbocycles. The molecule has 1 aliphatic heterocycles. The van der Waals surface area contributed by atoms with Crippen LogP contribution in [0, 0.1) is 5.92 Å². The zero-order chi connectivity index (χ0) is 14.4. The zero-order valence-electron chi connectivity index (χ0n) is 12.0. The number of carbonyl (C=O) groups is 1. The molecule has 2 N–H and O–H groups in total. The van der Waals surface area contributed by atoms with Crippen molar-refractivity contribution in [2.75, 3.05) is 26.2 Å². The molecule has 1 aromatic rings. The number of carbonyl (C=O) groups excluding carboxylic acids is 1. The van der Waals surface area contributed by atoms with E-state index in [2.05, 4.69) is 22.1 Å². The monoisotopic (exact) mass is 277 g/mol. The lowest BCUT2D eigenvalue weighted by Gasteiger charge is -2.31. The van der Waals surface area contributed by atoms with Gasteiger partial charge in [-0.1, -0.05) is 6.92 Å². The van der Waals surface area contributed by atoms with Gasteiger partial charge in [0, 0.05) is 31.0 Å². The van der Waals surface area contributed by atoms with Crippen LogP contribution in [0.2, 0.25) is 0 Å². The molecule has 1 aromatic heterocycles. The molecule has 5 heteroatoms. The number of hydrogen-bond acceptors (Lipinski definition) is 4. The lowest BCUT2D eigenvalue weighted by atomic mass is 9.99. The van der Waals surface area contributed by atoms with E-state index in [4.69, 9.17) is 0 Å². The van der Waals surface area contributed by atoms with Crippen molar-refractivity contribution in [3.63, 3.8) is 0 Å². The summed E-state index contributed by atoms with van der Waals surface area (Å²) in [6.07, 6.45) is 5.03. The highest BCUT2D eigenvalue weighted by Crippen LogP contribution is 2.15. The maximum atomic E-state index is 11.8. The van der Waals surface area contributed by atoms with Crippen molar-refractivity contribution >= 4 is 5.91 Å². The van der Waals surface area contributed by atoms with Gasteiger partial charge in [-0.25, -0.2) is 0 Å². The van der Waals surface area contributed by atoms with Crippen molar-refractivity contribution in [3.05, 3.63) is 30.1 Å². The van der Waals surface area contributed by atoms with Crippen molar-refractivity contribution < 1.29 is 9.90 Å². The van der Waals surface area contributed by atoms with Crippen LogP contribution in [-0.4, -0.2) is 53.2 Å². The summed E-state index contributed by atoms with van der Waals surface area (Å²) in [7, 11) is 0. The topological polar surface area (TPSA) is 65.5 Å². The summed E-state index contributed by atoms with van der Waals surface area (Å²) >= 11 is 0. The number of rotatable bonds is 5. The smallest absolute Gasteiger partial charge is 0.251 e. The highest BCUT2D eigenvalue weighted by molar-refractivity contribution is 5.93. The van der Waals surface area contributed by atoms with Crippen LogP contribution in [-0.2, 0) is 0 Å². The van der Waals surface area contributed by atoms with E-state index in [9.17, 15) is 9.90 Å². The highest BCUT2D eigenvalue weighted by atomic mass is 16.3. The van der Waals surface area contributed by atoms with E-state index in [0.29, 0.717) is 12.1 Å². The molecule has 20 heavy (non-hydrogen) atoms. The molecule has 0 aliphatic carbocycles. The summed E-state index contributed by atoms with van der Waals surface area (Å²) in [6, 6.07) is 3.32. The third-order valence-corrected chi connectivity index (χ3v) is 3.79. The van der Waals surface area contributed by atoms with Crippen molar-refractivity contribution in [3.8, 4) is 0 Å². The Morgan fingerprint density at radius 2 is 2.10 bits per heavy atom. The lowest BCUT2D eigenvalue weighted by Crippen LogP contribution is -2.43. The van der Waals surface area contributed by atoms with E-state index in [1.54, 1.807) is 24.5 Å². The fourth-order valence-corrected chi connectivity index (χ4v) is 2.42. The molecular formula is C15H23N3O2. The van der Waals surface area contributed by atoms with Crippen LogP contribution in [0.5, 0.6) is 0 Å². The summed E-state index contributed by atoms with van der Waals surface area (Å²) in [4.78, 5) is 18.0. The first kappa shape index (κ1) is 14.9. The van der Waals surface area contributed by atoms with E-state index in [-0.39, 0.29) is 12.5 Å². The molecule has 1 unspecified atom stereocenters. The molecule has 1 amide bonds. The van der Waals surface area contributed by atoms with Crippen LogP contribution < -0.4 is 5.32 Å². The summed E-state index contributed by atoms with van der Waals surface area (Å²) in [5, 5.41) is 12.7. The summed E-state index contributed by atoms with van der Waals surface area (Å²) < 4.78 is 0. The first-order valence-electron chi connectivity index (χ1n) is 7.24. The van der Waals surface area contributed by atoms with Gasteiger partial charge in [-0.15, -0.1) is 0 Å². The van der Waals surface area contributed by atoms with E-state index >= 15 is 0 Å². The predicted molar refractivity (Wildman–Crippen MR) is 77.4 cm³/mol. The van der Waals surface area contributed by atoms with Gasteiger partial charge in [0.25, 0.3) is 5.91 Å². The summed E-state index contributed by atoms with van der Waals surface area (Å²) in [5.74, 6) is 0.619. The molecule has 1 fully saturated rings. The summed E-state index contributed by atoms with van der Waals surface area (Å²) in [5.41, 5.74) is 0.569. The first-order chi connectivity index (χ1) is 9.65. The van der Waals surface area contributed by atoms with Crippen LogP contribution in [0.4, 0.5) is 0 Å². The number of piperidine rings is 1. The molecule has 5 nitrogen and oxygen atoms in total. The molecule has 1 aliphatic rings. The van der Waals surface area contributed by atoms with Gasteiger partial charge in [-0.3, -0.25) is 9.78 Å². The van der Waals surface area contributed by atoms with Gasteiger partial charge < -0.3 is 15.3 Å². The maximum Gasteiger partial charge on any atom is 0.251 e. The van der Waals surface area contributed by atoms with Crippen LogP contribution in [0.1, 0.15) is 30.1 Å². The highest BCUT2D eigenvalue weighted by Gasteiger charge is 2.18. The van der Waals surface area contributed by atoms with Crippen LogP contribution >= 0.6 is 0 Å². The number of nitrogens with one attached hydrogen (secondary N) is 1. The minimum absolute atomic E-state index is 0.168. The third-order valence-electron chi connectivity index (χ3n) is 3.79. The van der Waals surface area contributed by atoms with Crippen LogP contribution in [0.25, 0.3) is 0 Å². The largest absolute Gasteiger partial charge is 0.390 e. The average Bonchev–Trinajstić information content (AvgIpc) is 2.48. The van der Waals surface area contributed by atoms with Gasteiger partial charge >= 0.3 is 0 Å². The standard InChI is InChI=1S/C15H23N3O2/c1-12-4-8-18(9-5-12)11-14(19)10-17-15(20)13-2-6-16-7-3-13/h2-3,6-7,12,14,19H,4-5,8-11H2,1H3,(H,17,20). The molecule has 2 heterocycles. The number of aliphatic hydroxyl groups is 1. The Balaban J connectivity index is 1.70. The van der Waals surface area contributed by atoms with Gasteiger partial charge in [0.15, 0.2) is 0 Å². The Bertz CT molecular complexity index is 416. The van der Waals surface area contributed by atoms with E-state index in [1.807, 2.05) is 0 Å². The SMILES string of the molecule is CC1CCN(CC(O)CNC(=O)c2ccncc2)CC1. The van der Waals surface area contributed by atoms with Gasteiger partial charge in [-0.2, -0.15) is 0 Å². The third kappa shape index (κ3) is 4.58. The molecule has 1 saturated heterocycles. The van der Waals surface area contributed by atoms with Crippen molar-refractivity contribution in [1.29, 1.82) is 0 Å². The number of likely N-dealkylation sites (tertiary alicyclic amines) is 1. The molecule has 0 radical (unpaired) electrons. The maximum absolute atomic E-state index is 11.8. The Morgan fingerprint density at radius 1 is 1.45 bits per heavy atom. The molecule has 0 spiro atoms. The molecule has 2 rings (SSSR count). The minimum atomic E-state index is -0.519. The molecule has 0 saturated carbocycles. The van der Waals surface area contributed by atoms with Gasteiger partial charge in [0.1, 0.15) is 0 Å². The number of amides is 1. The Labute approximate surface area is 120 Å². The molecule has 0 bridgehead atoms. The number of aromatic nitrogens is 1. The number of β-amino-alcohol motifs (C(OH)–C–C–N with tert-alkyl or cyclic N) is 1. The second-order valence-electron chi connectivity index (χ2n) is 5.58. The normalized spacial score (nSPS) is 18.7.